The Kier molecular flexibility index (Phi) is 8.27. The Labute approximate surface area is 156 Å². The number of nitrogens with zero attached hydrogens (tertiary/aromatic N) is 1. The van der Waals surface area contributed by atoms with Crippen LogP contribution in [-0.4, -0.2) is 42.6 Å². The van der Waals surface area contributed by atoms with E-state index < -0.39 is 33.7 Å². The summed E-state index contributed by atoms with van der Waals surface area (Å²) in [5, 5.41) is 9.76. The smallest absolute Gasteiger partial charge is 0.307 e. The van der Waals surface area contributed by atoms with Crippen LogP contribution in [0.3, 0.4) is 0 Å². The molecule has 26 heavy (non-hydrogen) atoms. The molecule has 0 bridgehead atoms. The van der Waals surface area contributed by atoms with E-state index in [4.69, 9.17) is 0 Å². The molecule has 0 aliphatic heterocycles. The number of nitrogens with one attached hydrogen (secondary N) is 1. The molecule has 0 aromatic rings. The summed E-state index contributed by atoms with van der Waals surface area (Å²) in [5.74, 6) is -3.42. The summed E-state index contributed by atoms with van der Waals surface area (Å²) in [4.78, 5) is 24.8. The Bertz CT molecular complexity index is 632. The van der Waals surface area contributed by atoms with E-state index in [1.165, 1.54) is 0 Å². The monoisotopic (exact) mass is 388 g/mol. The largest absolute Gasteiger partial charge is 0.481 e. The van der Waals surface area contributed by atoms with Gasteiger partial charge in [-0.3, -0.25) is 15.0 Å². The summed E-state index contributed by atoms with van der Waals surface area (Å²) in [5.41, 5.74) is 3.27. The van der Waals surface area contributed by atoms with Crippen LogP contribution in [0.1, 0.15) is 53.4 Å². The van der Waals surface area contributed by atoms with Crippen molar-refractivity contribution in [1.82, 2.24) is 9.84 Å². The third-order valence-corrected chi connectivity index (χ3v) is 5.60. The second kappa shape index (κ2) is 9.50. The van der Waals surface area contributed by atoms with Gasteiger partial charge in [-0.1, -0.05) is 38.3 Å². The summed E-state index contributed by atoms with van der Waals surface area (Å²) in [6, 6.07) is 0. The van der Waals surface area contributed by atoms with Crippen molar-refractivity contribution in [3.05, 3.63) is 11.6 Å². The van der Waals surface area contributed by atoms with Crippen molar-refractivity contribution in [2.45, 2.75) is 53.4 Å². The van der Waals surface area contributed by atoms with Crippen molar-refractivity contribution < 1.29 is 23.1 Å². The number of amides is 1. The first-order valence-corrected chi connectivity index (χ1v) is 10.9. The zero-order chi connectivity index (χ0) is 20.1. The van der Waals surface area contributed by atoms with Crippen LogP contribution in [0.4, 0.5) is 0 Å². The fraction of sp³-hybridized carbons (Fsp3) is 0.778. The molecule has 0 heterocycles. The van der Waals surface area contributed by atoms with Crippen molar-refractivity contribution in [1.29, 1.82) is 0 Å². The van der Waals surface area contributed by atoms with E-state index in [-0.39, 0.29) is 18.4 Å². The summed E-state index contributed by atoms with van der Waals surface area (Å²) in [7, 11) is -3.65. The van der Waals surface area contributed by atoms with Crippen molar-refractivity contribution in [2.24, 2.45) is 23.7 Å². The molecule has 1 fully saturated rings. The highest BCUT2D eigenvalue weighted by Crippen LogP contribution is 2.36. The quantitative estimate of drug-likeness (QED) is 0.466. The third kappa shape index (κ3) is 6.72. The normalized spacial score (nSPS) is 18.0. The molecule has 1 saturated carbocycles. The number of hydrogen-bond donors (Lipinski definition) is 2. The summed E-state index contributed by atoms with van der Waals surface area (Å²) in [6.45, 7) is 7.42. The van der Waals surface area contributed by atoms with Gasteiger partial charge in [0.05, 0.1) is 18.1 Å². The molecule has 0 saturated heterocycles. The first kappa shape index (κ1) is 22.6. The Morgan fingerprint density at radius 1 is 1.23 bits per heavy atom. The van der Waals surface area contributed by atoms with Crippen molar-refractivity contribution in [3.63, 3.8) is 0 Å². The van der Waals surface area contributed by atoms with Gasteiger partial charge in [0.25, 0.3) is 0 Å². The molecule has 0 unspecified atom stereocenters. The lowest BCUT2D eigenvalue weighted by Crippen LogP contribution is -2.51. The fourth-order valence-electron chi connectivity index (χ4n) is 3.46. The minimum Gasteiger partial charge on any atom is -0.481 e. The molecular formula is C18H32N2O5S. The minimum atomic E-state index is -3.65. The number of hydrazine groups is 1. The van der Waals surface area contributed by atoms with E-state index >= 15 is 0 Å². The van der Waals surface area contributed by atoms with Gasteiger partial charge < -0.3 is 5.11 Å². The first-order chi connectivity index (χ1) is 11.9. The van der Waals surface area contributed by atoms with Crippen molar-refractivity contribution in [2.75, 3.05) is 12.8 Å². The van der Waals surface area contributed by atoms with E-state index in [1.54, 1.807) is 19.9 Å². The van der Waals surface area contributed by atoms with Gasteiger partial charge in [-0.15, -0.1) is 4.41 Å². The summed E-state index contributed by atoms with van der Waals surface area (Å²) < 4.78 is 24.9. The number of hydrogen-bond acceptors (Lipinski definition) is 4. The molecule has 1 aliphatic rings. The molecule has 0 aromatic heterocycles. The highest BCUT2D eigenvalue weighted by Gasteiger charge is 2.40. The standard InChI is InChI=1S/C18H32N2O5S/c1-12(2)10-15(16(18(22)23)14-8-6-7-9-14)17(21)19-20(11-13(3)4)26(5,24)25/h10,13-16H,6-9,11H2,1-5H3,(H,19,21)(H,22,23)/t15-,16+/m1/s1. The molecule has 1 amide bonds. The minimum absolute atomic E-state index is 0.0111. The average molecular weight is 389 g/mol. The maximum Gasteiger partial charge on any atom is 0.307 e. The van der Waals surface area contributed by atoms with E-state index in [1.807, 2.05) is 13.8 Å². The first-order valence-electron chi connectivity index (χ1n) is 9.09. The van der Waals surface area contributed by atoms with Gasteiger partial charge >= 0.3 is 5.97 Å². The van der Waals surface area contributed by atoms with Gasteiger partial charge in [0.2, 0.25) is 15.9 Å². The van der Waals surface area contributed by atoms with Gasteiger partial charge in [-0.05, 0) is 38.5 Å². The van der Waals surface area contributed by atoms with Crippen LogP contribution in [0.15, 0.2) is 11.6 Å². The molecule has 7 nitrogen and oxygen atoms in total. The van der Waals surface area contributed by atoms with Crippen molar-refractivity contribution >= 4 is 21.9 Å². The SMILES string of the molecule is CC(C)=C[C@@H](C(=O)NN(CC(C)C)S(C)(=O)=O)[C@@H](C(=O)O)C1CCCC1. The van der Waals surface area contributed by atoms with Crippen LogP contribution in [0.25, 0.3) is 0 Å². The Balaban J connectivity index is 3.15. The van der Waals surface area contributed by atoms with Gasteiger partial charge in [-0.2, -0.15) is 0 Å². The summed E-state index contributed by atoms with van der Waals surface area (Å²) >= 11 is 0. The highest BCUT2D eigenvalue weighted by molar-refractivity contribution is 7.88. The van der Waals surface area contributed by atoms with Crippen LogP contribution < -0.4 is 5.43 Å². The molecule has 150 valence electrons. The number of aliphatic carboxylic acids is 1. The highest BCUT2D eigenvalue weighted by atomic mass is 32.2. The number of sulfonamides is 1. The molecule has 2 atom stereocenters. The molecule has 2 N–H and O–H groups in total. The van der Waals surface area contributed by atoms with Gasteiger partial charge in [0.15, 0.2) is 0 Å². The van der Waals surface area contributed by atoms with E-state index in [0.29, 0.717) is 0 Å². The van der Waals surface area contributed by atoms with E-state index in [9.17, 15) is 23.1 Å². The number of carboxylic acids is 1. The fourth-order valence-corrected chi connectivity index (χ4v) is 4.28. The predicted molar refractivity (Wildman–Crippen MR) is 101 cm³/mol. The number of carboxylic acid groups (broad SMARTS) is 1. The van der Waals surface area contributed by atoms with Gasteiger partial charge in [0.1, 0.15) is 0 Å². The van der Waals surface area contributed by atoms with Crippen LogP contribution in [0.5, 0.6) is 0 Å². The molecule has 1 rings (SSSR count). The Hall–Kier alpha value is -1.41. The molecule has 0 spiro atoms. The maximum atomic E-state index is 12.9. The zero-order valence-electron chi connectivity index (χ0n) is 16.4. The molecule has 8 heteroatoms. The number of rotatable bonds is 9. The van der Waals surface area contributed by atoms with Gasteiger partial charge in [0, 0.05) is 6.54 Å². The van der Waals surface area contributed by atoms with E-state index in [2.05, 4.69) is 5.43 Å². The third-order valence-electron chi connectivity index (χ3n) is 4.56. The second-order valence-corrected chi connectivity index (χ2v) is 9.75. The van der Waals surface area contributed by atoms with Crippen molar-refractivity contribution in [3.8, 4) is 0 Å². The lowest BCUT2D eigenvalue weighted by Gasteiger charge is -2.29. The van der Waals surface area contributed by atoms with E-state index in [0.717, 1.165) is 41.9 Å². The topological polar surface area (TPSA) is 104 Å². The number of allylic oxidation sites excluding steroid dienone is 1. The Morgan fingerprint density at radius 2 is 1.77 bits per heavy atom. The number of carbonyl (C=O) groups is 2. The summed E-state index contributed by atoms with van der Waals surface area (Å²) in [6.07, 6.45) is 6.14. The molecule has 1 aliphatic carbocycles. The molecular weight excluding hydrogens is 356 g/mol. The zero-order valence-corrected chi connectivity index (χ0v) is 17.2. The van der Waals surface area contributed by atoms with Crippen LogP contribution in [-0.2, 0) is 19.6 Å². The lowest BCUT2D eigenvalue weighted by atomic mass is 9.79. The van der Waals surface area contributed by atoms with Crippen LogP contribution in [0.2, 0.25) is 0 Å². The lowest BCUT2D eigenvalue weighted by molar-refractivity contribution is -0.149. The molecule has 0 aromatic carbocycles. The number of carbonyl (C=O) groups excluding carboxylic acids is 1. The average Bonchev–Trinajstić information content (AvgIpc) is 2.97. The van der Waals surface area contributed by atoms with Gasteiger partial charge in [-0.25, -0.2) is 8.42 Å². The van der Waals surface area contributed by atoms with Crippen LogP contribution in [0, 0.1) is 23.7 Å². The van der Waals surface area contributed by atoms with Crippen LogP contribution >= 0.6 is 0 Å². The maximum absolute atomic E-state index is 12.9. The Morgan fingerprint density at radius 3 is 2.15 bits per heavy atom. The second-order valence-electron chi connectivity index (χ2n) is 7.84. The predicted octanol–water partition coefficient (Wildman–Crippen LogP) is 2.41. The molecule has 0 radical (unpaired) electrons.